The van der Waals surface area contributed by atoms with Gasteiger partial charge in [-0.15, -0.1) is 13.0 Å². The van der Waals surface area contributed by atoms with Gasteiger partial charge in [-0.25, -0.2) is 0 Å². The Morgan fingerprint density at radius 2 is 2.13 bits per heavy atom. The fourth-order valence-electron chi connectivity index (χ4n) is 1.27. The van der Waals surface area contributed by atoms with Crippen LogP contribution in [0.4, 0.5) is 0 Å². The van der Waals surface area contributed by atoms with Crippen molar-refractivity contribution in [2.24, 2.45) is 0 Å². The first kappa shape index (κ1) is 11.1. The van der Waals surface area contributed by atoms with Crippen molar-refractivity contribution >= 4 is 5.91 Å². The molecule has 0 aliphatic rings. The molecule has 0 fully saturated rings. The summed E-state index contributed by atoms with van der Waals surface area (Å²) in [5.74, 6) is 1.80. The van der Waals surface area contributed by atoms with Crippen LogP contribution >= 0.6 is 0 Å². The van der Waals surface area contributed by atoms with Crippen LogP contribution in [0.2, 0.25) is 0 Å². The number of carbonyl (C=O) groups is 1. The molecule has 1 rings (SSSR count). The van der Waals surface area contributed by atoms with Gasteiger partial charge in [0.1, 0.15) is 0 Å². The average Bonchev–Trinajstić information content (AvgIpc) is 2.29. The zero-order valence-corrected chi connectivity index (χ0v) is 8.52. The van der Waals surface area contributed by atoms with Crippen molar-refractivity contribution in [1.29, 1.82) is 0 Å². The number of terminal acetylenes is 1. The van der Waals surface area contributed by atoms with E-state index in [1.165, 1.54) is 0 Å². The Bertz CT molecular complexity index is 375. The maximum atomic E-state index is 11.3. The lowest BCUT2D eigenvalue weighted by Crippen LogP contribution is -2.29. The lowest BCUT2D eigenvalue weighted by atomic mass is 10.2. The van der Waals surface area contributed by atoms with Gasteiger partial charge in [0.25, 0.3) is 5.91 Å². The van der Waals surface area contributed by atoms with Gasteiger partial charge in [0, 0.05) is 13.1 Å². The standard InChI is InChI=1S/C13H13NO/c1-3-10-14(13(15)4-2)11-12-8-6-5-7-9-12/h2-3,5-9H,1,10-11H2. The van der Waals surface area contributed by atoms with Gasteiger partial charge in [0.2, 0.25) is 0 Å². The molecule has 0 radical (unpaired) electrons. The van der Waals surface area contributed by atoms with E-state index in [2.05, 4.69) is 12.5 Å². The smallest absolute Gasteiger partial charge is 0.298 e. The van der Waals surface area contributed by atoms with E-state index < -0.39 is 0 Å². The molecular weight excluding hydrogens is 186 g/mol. The highest BCUT2D eigenvalue weighted by molar-refractivity contribution is 5.92. The molecule has 2 nitrogen and oxygen atoms in total. The third-order valence-electron chi connectivity index (χ3n) is 1.98. The molecule has 0 spiro atoms. The molecule has 0 atom stereocenters. The Kier molecular flexibility index (Phi) is 4.18. The van der Waals surface area contributed by atoms with Crippen LogP contribution in [0.3, 0.4) is 0 Å². The molecule has 0 saturated carbocycles. The molecule has 76 valence electrons. The number of rotatable bonds is 4. The number of benzene rings is 1. The molecule has 1 amide bonds. The number of nitrogens with zero attached hydrogens (tertiary/aromatic N) is 1. The molecule has 0 aliphatic carbocycles. The molecule has 1 aromatic rings. The Hall–Kier alpha value is -2.01. The molecule has 0 bridgehead atoms. The van der Waals surface area contributed by atoms with Crippen molar-refractivity contribution in [3.63, 3.8) is 0 Å². The maximum absolute atomic E-state index is 11.3. The molecule has 0 unspecified atom stereocenters. The van der Waals surface area contributed by atoms with Gasteiger partial charge in [0.15, 0.2) is 0 Å². The first-order valence-corrected chi connectivity index (χ1v) is 4.68. The second-order valence-electron chi connectivity index (χ2n) is 3.10. The van der Waals surface area contributed by atoms with Crippen molar-refractivity contribution in [2.75, 3.05) is 6.54 Å². The normalized spacial score (nSPS) is 9.00. The van der Waals surface area contributed by atoms with E-state index in [-0.39, 0.29) is 5.91 Å². The summed E-state index contributed by atoms with van der Waals surface area (Å²) >= 11 is 0. The van der Waals surface area contributed by atoms with Gasteiger partial charge < -0.3 is 4.90 Å². The van der Waals surface area contributed by atoms with Crippen LogP contribution in [0, 0.1) is 12.3 Å². The predicted molar refractivity (Wildman–Crippen MR) is 60.9 cm³/mol. The van der Waals surface area contributed by atoms with E-state index >= 15 is 0 Å². The van der Waals surface area contributed by atoms with Crippen molar-refractivity contribution in [3.8, 4) is 12.3 Å². The topological polar surface area (TPSA) is 20.3 Å². The molecule has 0 N–H and O–H groups in total. The highest BCUT2D eigenvalue weighted by atomic mass is 16.2. The summed E-state index contributed by atoms with van der Waals surface area (Å²) in [6, 6.07) is 9.72. The van der Waals surface area contributed by atoms with E-state index in [1.807, 2.05) is 30.3 Å². The second-order valence-corrected chi connectivity index (χ2v) is 3.10. The highest BCUT2D eigenvalue weighted by Gasteiger charge is 2.08. The summed E-state index contributed by atoms with van der Waals surface area (Å²) in [6.45, 7) is 4.59. The Morgan fingerprint density at radius 1 is 1.47 bits per heavy atom. The summed E-state index contributed by atoms with van der Waals surface area (Å²) in [5.41, 5.74) is 1.06. The zero-order valence-electron chi connectivity index (χ0n) is 8.52. The minimum absolute atomic E-state index is 0.307. The van der Waals surface area contributed by atoms with E-state index in [1.54, 1.807) is 11.0 Å². The fraction of sp³-hybridized carbons (Fsp3) is 0.154. The first-order chi connectivity index (χ1) is 7.27. The average molecular weight is 199 g/mol. The summed E-state index contributed by atoms with van der Waals surface area (Å²) < 4.78 is 0. The minimum Gasteiger partial charge on any atom is -0.324 e. The van der Waals surface area contributed by atoms with Crippen LogP contribution in [0.15, 0.2) is 43.0 Å². The molecular formula is C13H13NO. The van der Waals surface area contributed by atoms with Crippen LogP contribution in [0.1, 0.15) is 5.56 Å². The van der Waals surface area contributed by atoms with E-state index in [4.69, 9.17) is 6.42 Å². The van der Waals surface area contributed by atoms with Crippen molar-refractivity contribution < 1.29 is 4.79 Å². The van der Waals surface area contributed by atoms with Gasteiger partial charge in [-0.2, -0.15) is 0 Å². The molecule has 2 heteroatoms. The van der Waals surface area contributed by atoms with Crippen molar-refractivity contribution in [3.05, 3.63) is 48.6 Å². The lowest BCUT2D eigenvalue weighted by Gasteiger charge is -2.18. The molecule has 0 saturated heterocycles. The molecule has 15 heavy (non-hydrogen) atoms. The largest absolute Gasteiger partial charge is 0.324 e. The molecule has 0 aliphatic heterocycles. The van der Waals surface area contributed by atoms with Crippen LogP contribution in [-0.4, -0.2) is 17.4 Å². The third kappa shape index (κ3) is 3.32. The summed E-state index contributed by atoms with van der Waals surface area (Å²) in [4.78, 5) is 12.9. The van der Waals surface area contributed by atoms with Gasteiger partial charge >= 0.3 is 0 Å². The SMILES string of the molecule is C#CC(=O)N(CC=C)Cc1ccccc1. The van der Waals surface area contributed by atoms with Gasteiger partial charge in [-0.1, -0.05) is 36.4 Å². The Balaban J connectivity index is 2.72. The Labute approximate surface area is 90.2 Å². The quantitative estimate of drug-likeness (QED) is 0.535. The molecule has 1 aromatic carbocycles. The molecule has 0 heterocycles. The highest BCUT2D eigenvalue weighted by Crippen LogP contribution is 2.04. The van der Waals surface area contributed by atoms with Gasteiger partial charge in [-0.3, -0.25) is 4.79 Å². The van der Waals surface area contributed by atoms with Gasteiger partial charge in [-0.05, 0) is 11.5 Å². The monoisotopic (exact) mass is 199 g/mol. The van der Waals surface area contributed by atoms with Gasteiger partial charge in [0.05, 0.1) is 0 Å². The predicted octanol–water partition coefficient (Wildman–Crippen LogP) is 1.83. The fourth-order valence-corrected chi connectivity index (χ4v) is 1.27. The zero-order chi connectivity index (χ0) is 11.1. The van der Waals surface area contributed by atoms with E-state index in [9.17, 15) is 4.79 Å². The number of amides is 1. The van der Waals surface area contributed by atoms with Crippen molar-refractivity contribution in [1.82, 2.24) is 4.90 Å². The molecule has 0 aromatic heterocycles. The minimum atomic E-state index is -0.307. The van der Waals surface area contributed by atoms with E-state index in [0.29, 0.717) is 13.1 Å². The summed E-state index contributed by atoms with van der Waals surface area (Å²) in [6.07, 6.45) is 6.75. The van der Waals surface area contributed by atoms with Crippen LogP contribution in [-0.2, 0) is 11.3 Å². The van der Waals surface area contributed by atoms with Crippen LogP contribution < -0.4 is 0 Å². The number of hydrogen-bond donors (Lipinski definition) is 0. The number of hydrogen-bond acceptors (Lipinski definition) is 1. The van der Waals surface area contributed by atoms with E-state index in [0.717, 1.165) is 5.56 Å². The third-order valence-corrected chi connectivity index (χ3v) is 1.98. The van der Waals surface area contributed by atoms with Crippen LogP contribution in [0.5, 0.6) is 0 Å². The second kappa shape index (κ2) is 5.66. The summed E-state index contributed by atoms with van der Waals surface area (Å²) in [5, 5.41) is 0. The maximum Gasteiger partial charge on any atom is 0.298 e. The first-order valence-electron chi connectivity index (χ1n) is 4.68. The Morgan fingerprint density at radius 3 is 2.67 bits per heavy atom. The van der Waals surface area contributed by atoms with Crippen LogP contribution in [0.25, 0.3) is 0 Å². The van der Waals surface area contributed by atoms with Crippen molar-refractivity contribution in [2.45, 2.75) is 6.54 Å². The summed E-state index contributed by atoms with van der Waals surface area (Å²) in [7, 11) is 0. The lowest BCUT2D eigenvalue weighted by molar-refractivity contribution is -0.125. The number of carbonyl (C=O) groups excluding carboxylic acids is 1.